The number of nitrogens with two attached hydrogens (primary N) is 2. The first kappa shape index (κ1) is 25.9. The van der Waals surface area contributed by atoms with E-state index in [0.29, 0.717) is 30.2 Å². The minimum Gasteiger partial charge on any atom is -0.457 e. The second kappa shape index (κ2) is 10.6. The van der Waals surface area contributed by atoms with Crippen LogP contribution < -0.4 is 16.2 Å². The van der Waals surface area contributed by atoms with Crippen molar-refractivity contribution in [3.8, 4) is 28.8 Å². The number of hydrogen-bond donors (Lipinski definition) is 3. The lowest BCUT2D eigenvalue weighted by atomic mass is 10.0. The van der Waals surface area contributed by atoms with E-state index in [1.807, 2.05) is 66.7 Å². The van der Waals surface area contributed by atoms with Crippen LogP contribution in [0.15, 0.2) is 72.3 Å². The third kappa shape index (κ3) is 5.76. The van der Waals surface area contributed by atoms with Crippen LogP contribution in [0.3, 0.4) is 0 Å². The number of likely N-dealkylation sites (tertiary alicyclic amines) is 1. The average Bonchev–Trinajstić information content (AvgIpc) is 3.53. The summed E-state index contributed by atoms with van der Waals surface area (Å²) in [7, 11) is 0. The molecular weight excluding hydrogens is 490 g/mol. The summed E-state index contributed by atoms with van der Waals surface area (Å²) < 4.78 is 5.93. The lowest BCUT2D eigenvalue weighted by molar-refractivity contribution is -0.127. The van der Waals surface area contributed by atoms with Gasteiger partial charge in [-0.1, -0.05) is 18.2 Å². The molecule has 1 atom stereocenters. The topological polar surface area (TPSA) is 147 Å². The van der Waals surface area contributed by atoms with Crippen molar-refractivity contribution < 1.29 is 9.53 Å². The Balaban J connectivity index is 1.43. The first-order valence-electron chi connectivity index (χ1n) is 12.9. The summed E-state index contributed by atoms with van der Waals surface area (Å²) in [4.78, 5) is 20.0. The van der Waals surface area contributed by atoms with Crippen molar-refractivity contribution >= 4 is 22.6 Å². The molecule has 1 amide bonds. The molecule has 39 heavy (non-hydrogen) atoms. The highest BCUT2D eigenvalue weighted by Gasteiger charge is 2.32. The van der Waals surface area contributed by atoms with Crippen LogP contribution in [0.4, 0.5) is 5.82 Å². The summed E-state index contributed by atoms with van der Waals surface area (Å²) in [6.07, 6.45) is 3.75. The number of carbonyl (C=O) groups excluding carboxylic acids is 1. The molecule has 198 valence electrons. The Morgan fingerprint density at radius 1 is 1.21 bits per heavy atom. The van der Waals surface area contributed by atoms with E-state index in [-0.39, 0.29) is 17.5 Å². The van der Waals surface area contributed by atoms with Gasteiger partial charge < -0.3 is 21.1 Å². The SMILES string of the molecule is CC(C)(N)/C=C(/C#N)C(=O)N1CCC[C@H]1Cc1cc2[nH]nc(N)c2c(-c2ccc(Oc3ccccc3)cc2)n1. The maximum absolute atomic E-state index is 13.2. The molecule has 2 aromatic carbocycles. The van der Waals surface area contributed by atoms with Crippen LogP contribution >= 0.6 is 0 Å². The van der Waals surface area contributed by atoms with Gasteiger partial charge in [0.05, 0.1) is 16.6 Å². The lowest BCUT2D eigenvalue weighted by Crippen LogP contribution is -2.39. The van der Waals surface area contributed by atoms with E-state index in [1.165, 1.54) is 6.08 Å². The number of ether oxygens (including phenoxy) is 1. The fourth-order valence-corrected chi connectivity index (χ4v) is 4.97. The molecule has 9 nitrogen and oxygen atoms in total. The predicted octanol–water partition coefficient (Wildman–Crippen LogP) is 4.72. The number of nitrogens with one attached hydrogen (secondary N) is 1. The highest BCUT2D eigenvalue weighted by Crippen LogP contribution is 2.33. The molecule has 0 bridgehead atoms. The number of H-pyrrole nitrogens is 1. The Morgan fingerprint density at radius 3 is 2.62 bits per heavy atom. The molecule has 9 heteroatoms. The number of hydrogen-bond acceptors (Lipinski definition) is 7. The fraction of sp³-hybridized carbons (Fsp3) is 0.267. The van der Waals surface area contributed by atoms with Crippen molar-refractivity contribution in [2.75, 3.05) is 12.3 Å². The molecule has 0 aliphatic carbocycles. The van der Waals surface area contributed by atoms with Gasteiger partial charge in [0.15, 0.2) is 5.82 Å². The van der Waals surface area contributed by atoms with E-state index in [9.17, 15) is 10.1 Å². The highest BCUT2D eigenvalue weighted by atomic mass is 16.5. The summed E-state index contributed by atoms with van der Waals surface area (Å²) in [6, 6.07) is 21.1. The molecule has 1 aliphatic heterocycles. The van der Waals surface area contributed by atoms with Gasteiger partial charge in [-0.2, -0.15) is 10.4 Å². The van der Waals surface area contributed by atoms with Crippen molar-refractivity contribution in [2.24, 2.45) is 5.73 Å². The number of nitrogens with zero attached hydrogens (tertiary/aromatic N) is 4. The van der Waals surface area contributed by atoms with Gasteiger partial charge in [-0.05, 0) is 75.2 Å². The number of fused-ring (bicyclic) bond motifs is 1. The number of rotatable bonds is 7. The van der Waals surface area contributed by atoms with Crippen LogP contribution in [0.1, 0.15) is 32.4 Å². The van der Waals surface area contributed by atoms with Gasteiger partial charge in [-0.15, -0.1) is 0 Å². The lowest BCUT2D eigenvalue weighted by Gasteiger charge is -2.25. The van der Waals surface area contributed by atoms with E-state index in [1.54, 1.807) is 18.7 Å². The minimum absolute atomic E-state index is 0.0673. The van der Waals surface area contributed by atoms with Crippen LogP contribution in [0.5, 0.6) is 11.5 Å². The molecular formula is C30H31N7O2. The zero-order chi connectivity index (χ0) is 27.6. The highest BCUT2D eigenvalue weighted by molar-refractivity contribution is 6.00. The van der Waals surface area contributed by atoms with Gasteiger partial charge in [0.1, 0.15) is 23.1 Å². The van der Waals surface area contributed by atoms with Crippen LogP contribution in [-0.4, -0.2) is 44.1 Å². The summed E-state index contributed by atoms with van der Waals surface area (Å²) in [5, 5.41) is 17.6. The number of nitrogen functional groups attached to an aromatic ring is 1. The standard InChI is InChI=1S/C30H31N7O2/c1-30(2,33)17-20(18-31)29(38)37-14-6-7-22(37)15-21-16-25-26(28(32)36-35-25)27(34-21)19-10-12-24(13-11-19)39-23-8-4-3-5-9-23/h3-5,8-13,16-17,22H,6-7,14-15,33H2,1-2H3,(H3,32,35,36)/b20-17-/t22-/m0/s1. The number of aromatic amines is 1. The zero-order valence-electron chi connectivity index (χ0n) is 22.0. The molecule has 5 rings (SSSR count). The molecule has 0 spiro atoms. The number of pyridine rings is 1. The minimum atomic E-state index is -0.764. The molecule has 1 saturated heterocycles. The Hall–Kier alpha value is -4.68. The Kier molecular flexibility index (Phi) is 7.05. The smallest absolute Gasteiger partial charge is 0.264 e. The van der Waals surface area contributed by atoms with E-state index < -0.39 is 5.54 Å². The molecule has 4 aromatic rings. The molecule has 0 unspecified atom stereocenters. The van der Waals surface area contributed by atoms with E-state index in [4.69, 9.17) is 21.2 Å². The van der Waals surface area contributed by atoms with Crippen molar-refractivity contribution in [3.63, 3.8) is 0 Å². The van der Waals surface area contributed by atoms with E-state index >= 15 is 0 Å². The summed E-state index contributed by atoms with van der Waals surface area (Å²) in [5.74, 6) is 1.54. The van der Waals surface area contributed by atoms with Gasteiger partial charge in [0.25, 0.3) is 5.91 Å². The average molecular weight is 522 g/mol. The number of para-hydroxylation sites is 1. The van der Waals surface area contributed by atoms with Crippen LogP contribution in [0.25, 0.3) is 22.2 Å². The van der Waals surface area contributed by atoms with Gasteiger partial charge in [0.2, 0.25) is 0 Å². The maximum Gasteiger partial charge on any atom is 0.264 e. The Morgan fingerprint density at radius 2 is 1.92 bits per heavy atom. The Labute approximate surface area is 227 Å². The molecule has 0 radical (unpaired) electrons. The third-order valence-corrected chi connectivity index (χ3v) is 6.68. The number of benzene rings is 2. The monoisotopic (exact) mass is 521 g/mol. The number of anilines is 1. The summed E-state index contributed by atoms with van der Waals surface area (Å²) >= 11 is 0. The summed E-state index contributed by atoms with van der Waals surface area (Å²) in [6.45, 7) is 4.11. The first-order valence-corrected chi connectivity index (χ1v) is 12.9. The molecule has 1 aliphatic rings. The third-order valence-electron chi connectivity index (χ3n) is 6.68. The molecule has 2 aromatic heterocycles. The Bertz CT molecular complexity index is 1560. The van der Waals surface area contributed by atoms with Crippen molar-refractivity contribution in [1.82, 2.24) is 20.1 Å². The van der Waals surface area contributed by atoms with Gasteiger partial charge in [-0.3, -0.25) is 14.9 Å². The van der Waals surface area contributed by atoms with E-state index in [0.717, 1.165) is 40.8 Å². The predicted molar refractivity (Wildman–Crippen MR) is 151 cm³/mol. The largest absolute Gasteiger partial charge is 0.457 e. The molecule has 5 N–H and O–H groups in total. The van der Waals surface area contributed by atoms with E-state index in [2.05, 4.69) is 10.2 Å². The maximum atomic E-state index is 13.2. The van der Waals surface area contributed by atoms with Crippen LogP contribution in [0, 0.1) is 11.3 Å². The normalized spacial score (nSPS) is 15.9. The number of nitriles is 1. The molecule has 3 heterocycles. The van der Waals surface area contributed by atoms with Crippen molar-refractivity contribution in [2.45, 2.75) is 44.7 Å². The molecule has 1 fully saturated rings. The van der Waals surface area contributed by atoms with Crippen molar-refractivity contribution in [1.29, 1.82) is 5.26 Å². The quantitative estimate of drug-likeness (QED) is 0.235. The first-order chi connectivity index (χ1) is 18.7. The second-order valence-corrected chi connectivity index (χ2v) is 10.4. The number of aromatic nitrogens is 3. The molecule has 0 saturated carbocycles. The zero-order valence-corrected chi connectivity index (χ0v) is 22.0. The number of amides is 1. The van der Waals surface area contributed by atoms with Gasteiger partial charge >= 0.3 is 0 Å². The van der Waals surface area contributed by atoms with Crippen molar-refractivity contribution in [3.05, 3.63) is 78.0 Å². The number of carbonyl (C=O) groups is 1. The summed E-state index contributed by atoms with van der Waals surface area (Å²) in [5.41, 5.74) is 14.7. The van der Waals surface area contributed by atoms with Crippen LogP contribution in [0.2, 0.25) is 0 Å². The van der Waals surface area contributed by atoms with Gasteiger partial charge in [0, 0.05) is 35.8 Å². The second-order valence-electron chi connectivity index (χ2n) is 10.4. The van der Waals surface area contributed by atoms with Crippen LogP contribution in [-0.2, 0) is 11.2 Å². The fourth-order valence-electron chi connectivity index (χ4n) is 4.97. The van der Waals surface area contributed by atoms with Gasteiger partial charge in [-0.25, -0.2) is 0 Å².